The molecule has 0 radical (unpaired) electrons. The molecular weight excluding hydrogens is 488 g/mol. The van der Waals surface area contributed by atoms with Crippen LogP contribution in [0.5, 0.6) is 0 Å². The van der Waals surface area contributed by atoms with Crippen LogP contribution in [0.25, 0.3) is 11.0 Å². The molecule has 1 fully saturated rings. The summed E-state index contributed by atoms with van der Waals surface area (Å²) in [7, 11) is -3.48. The van der Waals surface area contributed by atoms with Gasteiger partial charge in [-0.1, -0.05) is 36.4 Å². The minimum atomic E-state index is -3.48. The van der Waals surface area contributed by atoms with Gasteiger partial charge in [0, 0.05) is 57.0 Å². The number of hydrogen-bond donors (Lipinski definition) is 2. The van der Waals surface area contributed by atoms with Crippen molar-refractivity contribution in [1.82, 2.24) is 24.9 Å². The molecule has 3 heterocycles. The van der Waals surface area contributed by atoms with Gasteiger partial charge < -0.3 is 15.6 Å². The summed E-state index contributed by atoms with van der Waals surface area (Å²) in [6.07, 6.45) is 5.01. The van der Waals surface area contributed by atoms with Gasteiger partial charge in [-0.15, -0.1) is 0 Å². The molecule has 5 rings (SSSR count). The molecule has 0 saturated carbocycles. The molecule has 0 amide bonds. The van der Waals surface area contributed by atoms with Crippen LogP contribution in [0.15, 0.2) is 73.1 Å². The van der Waals surface area contributed by atoms with E-state index in [1.807, 2.05) is 65.5 Å². The van der Waals surface area contributed by atoms with Crippen LogP contribution in [-0.2, 0) is 16.6 Å². The van der Waals surface area contributed by atoms with E-state index in [1.165, 1.54) is 10.6 Å². The number of para-hydroxylation sites is 2. The number of hydrazine groups is 1. The van der Waals surface area contributed by atoms with Crippen molar-refractivity contribution in [2.45, 2.75) is 6.54 Å². The first-order chi connectivity index (χ1) is 18.0. The topological polar surface area (TPSA) is 113 Å². The maximum atomic E-state index is 12.5. The number of piperazine rings is 1. The highest BCUT2D eigenvalue weighted by atomic mass is 32.2. The normalized spacial score (nSPS) is 14.6. The van der Waals surface area contributed by atoms with Crippen LogP contribution in [0.1, 0.15) is 5.56 Å². The number of sulfonamides is 1. The van der Waals surface area contributed by atoms with E-state index < -0.39 is 10.0 Å². The van der Waals surface area contributed by atoms with E-state index in [-0.39, 0.29) is 13.1 Å². The molecule has 0 atom stereocenters. The van der Waals surface area contributed by atoms with E-state index >= 15 is 0 Å². The second-order valence-corrected chi connectivity index (χ2v) is 10.9. The third-order valence-corrected chi connectivity index (χ3v) is 7.57. The predicted octanol–water partition coefficient (Wildman–Crippen LogP) is 2.16. The lowest BCUT2D eigenvalue weighted by atomic mass is 10.1. The van der Waals surface area contributed by atoms with Crippen LogP contribution in [-0.4, -0.2) is 73.5 Å². The third kappa shape index (κ3) is 5.44. The van der Waals surface area contributed by atoms with Crippen LogP contribution in [0.2, 0.25) is 0 Å². The Morgan fingerprint density at radius 3 is 2.49 bits per heavy atom. The molecule has 1 aliphatic rings. The second kappa shape index (κ2) is 10.9. The Morgan fingerprint density at radius 1 is 1.03 bits per heavy atom. The Hall–Kier alpha value is -3.51. The van der Waals surface area contributed by atoms with Gasteiger partial charge in [0.2, 0.25) is 16.0 Å². The molecule has 3 N–H and O–H groups in total. The number of rotatable bonds is 9. The molecular formula is C26H32N8O2S. The monoisotopic (exact) mass is 520 g/mol. The van der Waals surface area contributed by atoms with Gasteiger partial charge in [0.25, 0.3) is 0 Å². The van der Waals surface area contributed by atoms with Crippen molar-refractivity contribution in [2.24, 2.45) is 5.73 Å². The number of anilines is 3. The molecule has 0 spiro atoms. The number of nitrogens with two attached hydrogens (primary N) is 1. The SMILES string of the molecule is CS(=O)(=O)N(CCN)c1ccccc1Cn1ccc2cnc(N(c3ccccc3)N3CCNCC3)nc21. The molecule has 1 saturated heterocycles. The Morgan fingerprint density at radius 2 is 1.76 bits per heavy atom. The molecule has 4 aromatic rings. The van der Waals surface area contributed by atoms with Gasteiger partial charge in [-0.3, -0.25) is 4.31 Å². The lowest BCUT2D eigenvalue weighted by molar-refractivity contribution is 0.240. The maximum Gasteiger partial charge on any atom is 0.247 e. The first-order valence-electron chi connectivity index (χ1n) is 12.3. The molecule has 2 aromatic heterocycles. The van der Waals surface area contributed by atoms with Gasteiger partial charge in [0.05, 0.1) is 24.2 Å². The average molecular weight is 521 g/mol. The van der Waals surface area contributed by atoms with Gasteiger partial charge in [0.15, 0.2) is 0 Å². The van der Waals surface area contributed by atoms with Crippen LogP contribution < -0.4 is 20.4 Å². The summed E-state index contributed by atoms with van der Waals surface area (Å²) in [5.41, 5.74) is 9.00. The first-order valence-corrected chi connectivity index (χ1v) is 14.2. The number of hydrogen-bond acceptors (Lipinski definition) is 8. The fraction of sp³-hybridized carbons (Fsp3) is 0.308. The van der Waals surface area contributed by atoms with E-state index in [2.05, 4.69) is 27.5 Å². The highest BCUT2D eigenvalue weighted by molar-refractivity contribution is 7.92. The largest absolute Gasteiger partial charge is 0.329 e. The Kier molecular flexibility index (Phi) is 7.38. The predicted molar refractivity (Wildman–Crippen MR) is 147 cm³/mol. The fourth-order valence-electron chi connectivity index (χ4n) is 4.67. The van der Waals surface area contributed by atoms with Crippen LogP contribution in [0.3, 0.4) is 0 Å². The van der Waals surface area contributed by atoms with Crippen LogP contribution in [0.4, 0.5) is 17.3 Å². The molecule has 10 nitrogen and oxygen atoms in total. The maximum absolute atomic E-state index is 12.5. The molecule has 2 aromatic carbocycles. The van der Waals surface area contributed by atoms with E-state index in [9.17, 15) is 8.42 Å². The molecule has 1 aliphatic heterocycles. The number of benzene rings is 2. The van der Waals surface area contributed by atoms with Crippen molar-refractivity contribution < 1.29 is 8.42 Å². The molecule has 0 unspecified atom stereocenters. The highest BCUT2D eigenvalue weighted by Crippen LogP contribution is 2.28. The quantitative estimate of drug-likeness (QED) is 0.345. The van der Waals surface area contributed by atoms with E-state index in [0.29, 0.717) is 18.2 Å². The molecule has 194 valence electrons. The number of aromatic nitrogens is 3. The summed E-state index contributed by atoms with van der Waals surface area (Å²) >= 11 is 0. The van der Waals surface area contributed by atoms with Crippen LogP contribution >= 0.6 is 0 Å². The van der Waals surface area contributed by atoms with Crippen molar-refractivity contribution in [1.29, 1.82) is 0 Å². The number of nitrogens with one attached hydrogen (secondary N) is 1. The average Bonchev–Trinajstić information content (AvgIpc) is 3.30. The second-order valence-electron chi connectivity index (χ2n) is 9.00. The summed E-state index contributed by atoms with van der Waals surface area (Å²) < 4.78 is 28.4. The summed E-state index contributed by atoms with van der Waals surface area (Å²) in [6.45, 7) is 4.35. The van der Waals surface area contributed by atoms with E-state index in [0.717, 1.165) is 48.5 Å². The zero-order valence-corrected chi connectivity index (χ0v) is 21.7. The zero-order chi connectivity index (χ0) is 25.8. The van der Waals surface area contributed by atoms with E-state index in [1.54, 1.807) is 0 Å². The number of nitrogens with zero attached hydrogens (tertiary/aromatic N) is 6. The molecule has 0 aliphatic carbocycles. The summed E-state index contributed by atoms with van der Waals surface area (Å²) in [6, 6.07) is 19.6. The Bertz CT molecular complexity index is 1450. The molecule has 37 heavy (non-hydrogen) atoms. The van der Waals surface area contributed by atoms with Crippen molar-refractivity contribution in [3.63, 3.8) is 0 Å². The molecule has 0 bridgehead atoms. The minimum Gasteiger partial charge on any atom is -0.329 e. The van der Waals surface area contributed by atoms with Gasteiger partial charge in [-0.25, -0.2) is 23.4 Å². The summed E-state index contributed by atoms with van der Waals surface area (Å²) in [5.74, 6) is 0.592. The first kappa shape index (κ1) is 25.2. The minimum absolute atomic E-state index is 0.214. The van der Waals surface area contributed by atoms with Crippen LogP contribution in [0, 0.1) is 0 Å². The van der Waals surface area contributed by atoms with Crippen molar-refractivity contribution in [2.75, 3.05) is 54.8 Å². The van der Waals surface area contributed by atoms with Crippen molar-refractivity contribution in [3.8, 4) is 0 Å². The number of fused-ring (bicyclic) bond motifs is 1. The zero-order valence-electron chi connectivity index (χ0n) is 20.9. The summed E-state index contributed by atoms with van der Waals surface area (Å²) in [4.78, 5) is 9.73. The van der Waals surface area contributed by atoms with Gasteiger partial charge in [0.1, 0.15) is 5.65 Å². The smallest absolute Gasteiger partial charge is 0.247 e. The fourth-order valence-corrected chi connectivity index (χ4v) is 5.64. The van der Waals surface area contributed by atoms with Crippen molar-refractivity contribution >= 4 is 38.4 Å². The van der Waals surface area contributed by atoms with Gasteiger partial charge >= 0.3 is 0 Å². The third-order valence-electron chi connectivity index (χ3n) is 6.39. The van der Waals surface area contributed by atoms with Crippen molar-refractivity contribution in [3.05, 3.63) is 78.6 Å². The van der Waals surface area contributed by atoms with Gasteiger partial charge in [-0.2, -0.15) is 4.98 Å². The molecule has 11 heteroatoms. The standard InChI is InChI=1S/C26H32N8O2S/c1-37(35,36)33(16-12-27)24-10-6-5-7-22(24)20-31-15-11-21-19-29-26(30-25(21)31)34(23-8-3-2-4-9-23)32-17-13-28-14-18-32/h2-11,15,19,28H,12-14,16-18,20,27H2,1H3. The lowest BCUT2D eigenvalue weighted by Crippen LogP contribution is -2.51. The van der Waals surface area contributed by atoms with Gasteiger partial charge in [-0.05, 0) is 29.8 Å². The Balaban J connectivity index is 1.54. The Labute approximate surface area is 217 Å². The summed E-state index contributed by atoms with van der Waals surface area (Å²) in [5, 5.41) is 8.65. The lowest BCUT2D eigenvalue weighted by Gasteiger charge is -2.37. The van der Waals surface area contributed by atoms with E-state index in [4.69, 9.17) is 15.7 Å². The highest BCUT2D eigenvalue weighted by Gasteiger charge is 2.24.